The van der Waals surface area contributed by atoms with Gasteiger partial charge in [0.05, 0.1) is 0 Å². The molecule has 0 radical (unpaired) electrons. The molecule has 3 rings (SSSR count). The van der Waals surface area contributed by atoms with Gasteiger partial charge in [-0.15, -0.1) is 0 Å². The highest BCUT2D eigenvalue weighted by Gasteiger charge is 2.10. The minimum Gasteiger partial charge on any atom is -0.507 e. The van der Waals surface area contributed by atoms with Crippen molar-refractivity contribution in [2.24, 2.45) is 0 Å². The molecule has 0 heterocycles. The molecule has 0 bridgehead atoms. The molecular weight excluding hydrogens is 348 g/mol. The quantitative estimate of drug-likeness (QED) is 0.582. The topological polar surface area (TPSA) is 20.2 Å². The average molecular weight is 360 g/mol. The van der Waals surface area contributed by atoms with Crippen molar-refractivity contribution in [3.63, 3.8) is 0 Å². The van der Waals surface area contributed by atoms with Crippen molar-refractivity contribution >= 4 is 27.5 Å². The summed E-state index contributed by atoms with van der Waals surface area (Å²) >= 11 is 9.32. The molecule has 1 nitrogen and oxygen atoms in total. The summed E-state index contributed by atoms with van der Waals surface area (Å²) in [5.74, 6) is 0.255. The van der Waals surface area contributed by atoms with Crippen molar-refractivity contribution < 1.29 is 5.11 Å². The van der Waals surface area contributed by atoms with E-state index in [1.807, 2.05) is 60.7 Å². The fourth-order valence-electron chi connectivity index (χ4n) is 2.33. The maximum absolute atomic E-state index is 10.2. The molecule has 0 aliphatic heterocycles. The fourth-order valence-corrected chi connectivity index (χ4v) is 2.81. The van der Waals surface area contributed by atoms with Crippen molar-refractivity contribution in [1.29, 1.82) is 0 Å². The van der Waals surface area contributed by atoms with Crippen molar-refractivity contribution in [3.8, 4) is 28.0 Å². The van der Waals surface area contributed by atoms with Crippen LogP contribution in [0.15, 0.2) is 71.2 Å². The van der Waals surface area contributed by atoms with Crippen LogP contribution >= 0.6 is 27.5 Å². The van der Waals surface area contributed by atoms with E-state index in [1.165, 1.54) is 0 Å². The van der Waals surface area contributed by atoms with E-state index in [9.17, 15) is 5.11 Å². The summed E-state index contributed by atoms with van der Waals surface area (Å²) in [4.78, 5) is 0. The number of hydrogen-bond acceptors (Lipinski definition) is 1. The van der Waals surface area contributed by atoms with E-state index in [0.717, 1.165) is 26.7 Å². The summed E-state index contributed by atoms with van der Waals surface area (Å²) in [5, 5.41) is 10.9. The lowest BCUT2D eigenvalue weighted by atomic mass is 9.94. The second-order valence-electron chi connectivity index (χ2n) is 4.71. The largest absolute Gasteiger partial charge is 0.507 e. The number of benzene rings is 3. The molecule has 0 fully saturated rings. The van der Waals surface area contributed by atoms with E-state index in [1.54, 1.807) is 6.07 Å². The lowest BCUT2D eigenvalue weighted by molar-refractivity contribution is 0.477. The van der Waals surface area contributed by atoms with Crippen molar-refractivity contribution in [1.82, 2.24) is 0 Å². The normalized spacial score (nSPS) is 10.6. The van der Waals surface area contributed by atoms with Crippen LogP contribution in [0.25, 0.3) is 22.3 Å². The monoisotopic (exact) mass is 358 g/mol. The van der Waals surface area contributed by atoms with Crippen molar-refractivity contribution in [3.05, 3.63) is 76.2 Å². The van der Waals surface area contributed by atoms with Crippen LogP contribution in [0.1, 0.15) is 0 Å². The highest BCUT2D eigenvalue weighted by Crippen LogP contribution is 2.38. The van der Waals surface area contributed by atoms with Gasteiger partial charge in [0, 0.05) is 15.1 Å². The Morgan fingerprint density at radius 1 is 0.762 bits per heavy atom. The molecule has 0 aromatic heterocycles. The molecular formula is C18H12BrClO. The van der Waals surface area contributed by atoms with Gasteiger partial charge in [0.1, 0.15) is 5.75 Å². The summed E-state index contributed by atoms with van der Waals surface area (Å²) in [6.07, 6.45) is 0. The van der Waals surface area contributed by atoms with Crippen LogP contribution in [-0.2, 0) is 0 Å². The molecule has 0 aliphatic rings. The number of hydrogen-bond donors (Lipinski definition) is 1. The van der Waals surface area contributed by atoms with Crippen LogP contribution in [0.3, 0.4) is 0 Å². The summed E-state index contributed by atoms with van der Waals surface area (Å²) in [6, 6.07) is 21.3. The van der Waals surface area contributed by atoms with Gasteiger partial charge in [0.25, 0.3) is 0 Å². The molecule has 0 aliphatic carbocycles. The third kappa shape index (κ3) is 2.97. The van der Waals surface area contributed by atoms with Gasteiger partial charge in [0.15, 0.2) is 0 Å². The van der Waals surface area contributed by atoms with E-state index in [0.29, 0.717) is 5.02 Å². The van der Waals surface area contributed by atoms with Gasteiger partial charge >= 0.3 is 0 Å². The molecule has 1 N–H and O–H groups in total. The first-order chi connectivity index (χ1) is 10.1. The first-order valence-corrected chi connectivity index (χ1v) is 7.66. The third-order valence-electron chi connectivity index (χ3n) is 3.33. The maximum atomic E-state index is 10.2. The Kier molecular flexibility index (Phi) is 4.00. The number of phenols is 1. The zero-order chi connectivity index (χ0) is 14.8. The SMILES string of the molecule is Oc1cc(Br)ccc1-c1ccccc1-c1ccc(Cl)cc1. The van der Waals surface area contributed by atoms with E-state index in [-0.39, 0.29) is 5.75 Å². The minimum absolute atomic E-state index is 0.255. The maximum Gasteiger partial charge on any atom is 0.124 e. The Balaban J connectivity index is 2.18. The van der Waals surface area contributed by atoms with E-state index < -0.39 is 0 Å². The van der Waals surface area contributed by atoms with Crippen LogP contribution in [0.4, 0.5) is 0 Å². The first-order valence-electron chi connectivity index (χ1n) is 6.49. The van der Waals surface area contributed by atoms with Crippen molar-refractivity contribution in [2.45, 2.75) is 0 Å². The van der Waals surface area contributed by atoms with Gasteiger partial charge < -0.3 is 5.11 Å². The van der Waals surface area contributed by atoms with Crippen molar-refractivity contribution in [2.75, 3.05) is 0 Å². The lowest BCUT2D eigenvalue weighted by Gasteiger charge is -2.12. The Morgan fingerprint density at radius 3 is 2.10 bits per heavy atom. The summed E-state index contributed by atoms with van der Waals surface area (Å²) in [6.45, 7) is 0. The van der Waals surface area contributed by atoms with Crippen LogP contribution < -0.4 is 0 Å². The highest BCUT2D eigenvalue weighted by molar-refractivity contribution is 9.10. The Hall–Kier alpha value is -1.77. The average Bonchev–Trinajstić information content (AvgIpc) is 2.48. The Morgan fingerprint density at radius 2 is 1.43 bits per heavy atom. The van der Waals surface area contributed by atoms with Gasteiger partial charge in [-0.25, -0.2) is 0 Å². The van der Waals surface area contributed by atoms with Gasteiger partial charge in [-0.3, -0.25) is 0 Å². The molecule has 104 valence electrons. The molecule has 0 unspecified atom stereocenters. The predicted octanol–water partition coefficient (Wildman–Crippen LogP) is 6.14. The van der Waals surface area contributed by atoms with Gasteiger partial charge in [-0.2, -0.15) is 0 Å². The highest BCUT2D eigenvalue weighted by atomic mass is 79.9. The second kappa shape index (κ2) is 5.92. The molecule has 0 saturated heterocycles. The molecule has 3 heteroatoms. The molecule has 0 atom stereocenters. The van der Waals surface area contributed by atoms with Crippen LogP contribution in [0.5, 0.6) is 5.75 Å². The Bertz CT molecular complexity index is 781. The third-order valence-corrected chi connectivity index (χ3v) is 4.08. The van der Waals surface area contributed by atoms with E-state index >= 15 is 0 Å². The lowest BCUT2D eigenvalue weighted by Crippen LogP contribution is -1.85. The molecule has 0 saturated carbocycles. The summed E-state index contributed by atoms with van der Waals surface area (Å²) in [7, 11) is 0. The first kappa shape index (κ1) is 14.2. The van der Waals surface area contributed by atoms with E-state index in [2.05, 4.69) is 15.9 Å². The van der Waals surface area contributed by atoms with Crippen LogP contribution in [-0.4, -0.2) is 5.11 Å². The zero-order valence-corrected chi connectivity index (χ0v) is 13.4. The molecule has 3 aromatic carbocycles. The molecule has 3 aromatic rings. The predicted molar refractivity (Wildman–Crippen MR) is 91.7 cm³/mol. The zero-order valence-electron chi connectivity index (χ0n) is 11.1. The molecule has 0 spiro atoms. The summed E-state index contributed by atoms with van der Waals surface area (Å²) < 4.78 is 0.854. The fraction of sp³-hybridized carbons (Fsp3) is 0. The number of aromatic hydroxyl groups is 1. The molecule has 0 amide bonds. The van der Waals surface area contributed by atoms with Crippen LogP contribution in [0, 0.1) is 0 Å². The minimum atomic E-state index is 0.255. The summed E-state index contributed by atoms with van der Waals surface area (Å²) in [5.41, 5.74) is 3.93. The van der Waals surface area contributed by atoms with Gasteiger partial charge in [0.2, 0.25) is 0 Å². The van der Waals surface area contributed by atoms with Gasteiger partial charge in [-0.1, -0.05) is 63.9 Å². The smallest absolute Gasteiger partial charge is 0.124 e. The number of rotatable bonds is 2. The van der Waals surface area contributed by atoms with E-state index in [4.69, 9.17) is 11.6 Å². The number of halogens is 2. The standard InChI is InChI=1S/C18H12BrClO/c19-13-7-10-17(18(21)11-13)16-4-2-1-3-15(16)12-5-8-14(20)9-6-12/h1-11,21H. The molecule has 21 heavy (non-hydrogen) atoms. The second-order valence-corrected chi connectivity index (χ2v) is 6.07. The van der Waals surface area contributed by atoms with Gasteiger partial charge in [-0.05, 0) is 47.0 Å². The number of phenolic OH excluding ortho intramolecular Hbond substituents is 1. The Labute approximate surface area is 137 Å². The van der Waals surface area contributed by atoms with Crippen LogP contribution in [0.2, 0.25) is 5.02 Å².